The van der Waals surface area contributed by atoms with Crippen molar-refractivity contribution >= 4 is 33.2 Å². The normalized spacial score (nSPS) is 11.2. The van der Waals surface area contributed by atoms with E-state index in [1.807, 2.05) is 0 Å². The van der Waals surface area contributed by atoms with E-state index in [1.54, 1.807) is 6.92 Å². The second-order valence-electron chi connectivity index (χ2n) is 5.20. The summed E-state index contributed by atoms with van der Waals surface area (Å²) in [6.45, 7) is 5.12. The van der Waals surface area contributed by atoms with Crippen molar-refractivity contribution in [3.05, 3.63) is 71.0 Å². The molecule has 2 rings (SSSR count). The number of carbonyl (C=O) groups excluding carboxylic acids is 1. The van der Waals surface area contributed by atoms with Crippen molar-refractivity contribution in [2.75, 3.05) is 11.9 Å². The van der Waals surface area contributed by atoms with Crippen molar-refractivity contribution in [3.8, 4) is 0 Å². The van der Waals surface area contributed by atoms with E-state index in [4.69, 9.17) is 11.6 Å². The number of nitrogens with one attached hydrogen (secondary N) is 2. The van der Waals surface area contributed by atoms with Crippen LogP contribution >= 0.6 is 11.6 Å². The van der Waals surface area contributed by atoms with Crippen molar-refractivity contribution in [1.29, 1.82) is 0 Å². The van der Waals surface area contributed by atoms with Crippen molar-refractivity contribution in [2.45, 2.75) is 11.8 Å². The lowest BCUT2D eigenvalue weighted by Crippen LogP contribution is -2.24. The summed E-state index contributed by atoms with van der Waals surface area (Å²) in [6, 6.07) is 7.86. The van der Waals surface area contributed by atoms with Crippen LogP contribution in [0.2, 0.25) is 5.02 Å². The molecule has 0 aliphatic heterocycles. The molecule has 0 aliphatic rings. The van der Waals surface area contributed by atoms with Crippen LogP contribution in [0.3, 0.4) is 0 Å². The predicted molar refractivity (Wildman–Crippen MR) is 95.9 cm³/mol. The quantitative estimate of drug-likeness (QED) is 0.751. The van der Waals surface area contributed by atoms with Crippen LogP contribution in [0, 0.1) is 12.7 Å². The Kier molecular flexibility index (Phi) is 5.94. The Hall–Kier alpha value is -2.22. The van der Waals surface area contributed by atoms with Gasteiger partial charge in [0, 0.05) is 17.8 Å². The zero-order valence-corrected chi connectivity index (χ0v) is 14.9. The Bertz CT molecular complexity index is 929. The summed E-state index contributed by atoms with van der Waals surface area (Å²) in [6.07, 6.45) is 1.39. The molecule has 0 heterocycles. The second-order valence-corrected chi connectivity index (χ2v) is 7.34. The minimum Gasteiger partial charge on any atom is -0.322 e. The highest BCUT2D eigenvalue weighted by atomic mass is 35.5. The fraction of sp³-hybridized carbons (Fsp3) is 0.118. The number of hydrogen-bond donors (Lipinski definition) is 2. The molecule has 0 spiro atoms. The smallest absolute Gasteiger partial charge is 0.255 e. The molecule has 2 aromatic rings. The summed E-state index contributed by atoms with van der Waals surface area (Å²) >= 11 is 5.95. The zero-order chi connectivity index (χ0) is 18.6. The van der Waals surface area contributed by atoms with E-state index < -0.39 is 21.7 Å². The number of carbonyl (C=O) groups is 1. The number of halogens is 2. The second kappa shape index (κ2) is 7.77. The minimum atomic E-state index is -3.88. The molecule has 0 unspecified atom stereocenters. The topological polar surface area (TPSA) is 75.3 Å². The molecule has 0 atom stereocenters. The van der Waals surface area contributed by atoms with Crippen LogP contribution in [0.1, 0.15) is 15.9 Å². The highest BCUT2D eigenvalue weighted by molar-refractivity contribution is 7.89. The highest BCUT2D eigenvalue weighted by Crippen LogP contribution is 2.24. The summed E-state index contributed by atoms with van der Waals surface area (Å²) in [7, 11) is -3.88. The lowest BCUT2D eigenvalue weighted by molar-refractivity contribution is 0.102. The maximum absolute atomic E-state index is 13.1. The molecular formula is C17H16ClFN2O3S. The minimum absolute atomic E-state index is 0.00826. The van der Waals surface area contributed by atoms with Gasteiger partial charge in [-0.15, -0.1) is 6.58 Å². The third-order valence-electron chi connectivity index (χ3n) is 3.34. The zero-order valence-electron chi connectivity index (χ0n) is 13.3. The fourth-order valence-corrected chi connectivity index (χ4v) is 3.58. The first-order chi connectivity index (χ1) is 11.7. The van der Waals surface area contributed by atoms with Crippen LogP contribution in [0.4, 0.5) is 10.1 Å². The maximum Gasteiger partial charge on any atom is 0.255 e. The summed E-state index contributed by atoms with van der Waals surface area (Å²) in [4.78, 5) is 12.2. The average molecular weight is 383 g/mol. The van der Waals surface area contributed by atoms with Gasteiger partial charge in [0.25, 0.3) is 5.91 Å². The predicted octanol–water partition coefficient (Wildman–Crippen LogP) is 3.50. The Morgan fingerprint density at radius 1 is 1.28 bits per heavy atom. The molecule has 8 heteroatoms. The third kappa shape index (κ3) is 4.66. The number of anilines is 1. The number of amides is 1. The lowest BCUT2D eigenvalue weighted by atomic mass is 10.1. The van der Waals surface area contributed by atoms with Crippen LogP contribution in [-0.2, 0) is 10.0 Å². The Morgan fingerprint density at radius 2 is 2.00 bits per heavy atom. The molecule has 132 valence electrons. The van der Waals surface area contributed by atoms with E-state index >= 15 is 0 Å². The largest absolute Gasteiger partial charge is 0.322 e. The van der Waals surface area contributed by atoms with Gasteiger partial charge in [0.05, 0.1) is 5.02 Å². The molecule has 0 saturated carbocycles. The Morgan fingerprint density at radius 3 is 2.64 bits per heavy atom. The molecule has 0 fully saturated rings. The summed E-state index contributed by atoms with van der Waals surface area (Å²) in [5, 5.41) is 2.61. The molecular weight excluding hydrogens is 367 g/mol. The van der Waals surface area contributed by atoms with Crippen LogP contribution in [0.25, 0.3) is 0 Å². The van der Waals surface area contributed by atoms with Crippen LogP contribution in [-0.4, -0.2) is 20.9 Å². The maximum atomic E-state index is 13.1. The fourth-order valence-electron chi connectivity index (χ4n) is 2.06. The van der Waals surface area contributed by atoms with Gasteiger partial charge in [0.1, 0.15) is 10.7 Å². The monoisotopic (exact) mass is 382 g/mol. The van der Waals surface area contributed by atoms with Crippen molar-refractivity contribution in [2.24, 2.45) is 0 Å². The van der Waals surface area contributed by atoms with Crippen LogP contribution in [0.15, 0.2) is 53.9 Å². The Labute approximate surface area is 150 Å². The van der Waals surface area contributed by atoms with Gasteiger partial charge in [0.15, 0.2) is 0 Å². The van der Waals surface area contributed by atoms with E-state index in [0.717, 1.165) is 0 Å². The number of benzene rings is 2. The summed E-state index contributed by atoms with van der Waals surface area (Å²) in [5.74, 6) is -0.949. The van der Waals surface area contributed by atoms with Gasteiger partial charge in [-0.2, -0.15) is 0 Å². The number of rotatable bonds is 6. The molecule has 0 bridgehead atoms. The molecule has 0 aliphatic carbocycles. The summed E-state index contributed by atoms with van der Waals surface area (Å²) in [5.41, 5.74) is 1.07. The van der Waals surface area contributed by atoms with Gasteiger partial charge >= 0.3 is 0 Å². The van der Waals surface area contributed by atoms with Crippen LogP contribution in [0.5, 0.6) is 0 Å². The first-order valence-corrected chi connectivity index (χ1v) is 9.08. The van der Waals surface area contributed by atoms with Crippen molar-refractivity contribution in [3.63, 3.8) is 0 Å². The van der Waals surface area contributed by atoms with E-state index in [-0.39, 0.29) is 22.0 Å². The third-order valence-corrected chi connectivity index (χ3v) is 5.24. The van der Waals surface area contributed by atoms with Gasteiger partial charge in [-0.3, -0.25) is 4.79 Å². The van der Waals surface area contributed by atoms with Crippen LogP contribution < -0.4 is 10.0 Å². The van der Waals surface area contributed by atoms with Gasteiger partial charge in [-0.05, 0) is 48.9 Å². The molecule has 0 radical (unpaired) electrons. The first kappa shape index (κ1) is 19.1. The van der Waals surface area contributed by atoms with Crippen molar-refractivity contribution < 1.29 is 17.6 Å². The molecule has 1 amide bonds. The number of hydrogen-bond acceptors (Lipinski definition) is 3. The molecule has 2 N–H and O–H groups in total. The van der Waals surface area contributed by atoms with Gasteiger partial charge < -0.3 is 5.32 Å². The lowest BCUT2D eigenvalue weighted by Gasteiger charge is -2.11. The molecule has 0 saturated heterocycles. The van der Waals surface area contributed by atoms with Gasteiger partial charge in [-0.1, -0.05) is 17.7 Å². The molecule has 0 aromatic heterocycles. The first-order valence-electron chi connectivity index (χ1n) is 7.22. The molecule has 25 heavy (non-hydrogen) atoms. The van der Waals surface area contributed by atoms with Gasteiger partial charge in [-0.25, -0.2) is 17.5 Å². The standard InChI is InChI=1S/C17H16ClFN2O3S/c1-3-8-20-25(23,24)16-10-12(4-6-14(16)18)17(22)21-15-7-5-13(19)9-11(15)2/h3-7,9-10,20H,1,8H2,2H3,(H,21,22). The van der Waals surface area contributed by atoms with E-state index in [2.05, 4.69) is 16.6 Å². The van der Waals surface area contributed by atoms with E-state index in [9.17, 15) is 17.6 Å². The SMILES string of the molecule is C=CCNS(=O)(=O)c1cc(C(=O)Nc2ccc(F)cc2C)ccc1Cl. The highest BCUT2D eigenvalue weighted by Gasteiger charge is 2.19. The van der Waals surface area contributed by atoms with Gasteiger partial charge in [0.2, 0.25) is 10.0 Å². The number of sulfonamides is 1. The summed E-state index contributed by atoms with van der Waals surface area (Å²) < 4.78 is 39.9. The average Bonchev–Trinajstić information content (AvgIpc) is 2.55. The van der Waals surface area contributed by atoms with Crippen molar-refractivity contribution in [1.82, 2.24) is 4.72 Å². The molecule has 5 nitrogen and oxygen atoms in total. The number of aryl methyl sites for hydroxylation is 1. The van der Waals surface area contributed by atoms with E-state index in [1.165, 1.54) is 42.5 Å². The molecule has 2 aromatic carbocycles. The Balaban J connectivity index is 2.32. The van der Waals surface area contributed by atoms with E-state index in [0.29, 0.717) is 11.3 Å².